The lowest BCUT2D eigenvalue weighted by Crippen LogP contribution is -2.62. The molecule has 0 aromatic heterocycles. The second kappa shape index (κ2) is 27.7. The number of rotatable bonds is 16. The van der Waals surface area contributed by atoms with E-state index in [2.05, 4.69) is 38.8 Å². The van der Waals surface area contributed by atoms with Gasteiger partial charge in [-0.1, -0.05) is 66.2 Å². The number of carbonyl (C=O) groups is 8. The van der Waals surface area contributed by atoms with Gasteiger partial charge in [-0.05, 0) is 85.5 Å². The summed E-state index contributed by atoms with van der Waals surface area (Å²) in [6.07, 6.45) is 5.70. The minimum atomic E-state index is -1.50. The van der Waals surface area contributed by atoms with E-state index in [4.69, 9.17) is 18.9 Å². The number of nitrogens with zero attached hydrogens (tertiary/aromatic N) is 1. The van der Waals surface area contributed by atoms with Crippen LogP contribution in [0.3, 0.4) is 0 Å². The third-order valence-electron chi connectivity index (χ3n) is 11.0. The van der Waals surface area contributed by atoms with E-state index in [-0.39, 0.29) is 37.9 Å². The van der Waals surface area contributed by atoms with Crippen LogP contribution in [-0.2, 0) is 47.7 Å². The molecule has 1 aliphatic heterocycles. The van der Waals surface area contributed by atoms with Gasteiger partial charge in [-0.15, -0.1) is 0 Å². The van der Waals surface area contributed by atoms with E-state index in [1.165, 1.54) is 11.9 Å². The minimum absolute atomic E-state index is 0.00530. The van der Waals surface area contributed by atoms with Crippen molar-refractivity contribution >= 4 is 47.7 Å². The van der Waals surface area contributed by atoms with Crippen LogP contribution in [0.1, 0.15) is 146 Å². The van der Waals surface area contributed by atoms with Crippen LogP contribution in [0.5, 0.6) is 0 Å². The van der Waals surface area contributed by atoms with Crippen LogP contribution in [0.15, 0.2) is 0 Å². The number of alkyl carbamates (subject to hydrolysis) is 2. The summed E-state index contributed by atoms with van der Waals surface area (Å²) in [6, 6.07) is -5.06. The number of unbranched alkanes of at least 4 members (excludes halogenated alkanes) is 3. The average molecular weight is 924 g/mol. The molecule has 19 nitrogen and oxygen atoms in total. The van der Waals surface area contributed by atoms with Gasteiger partial charge in [0.05, 0.1) is 25.7 Å². The molecule has 19 heteroatoms. The monoisotopic (exact) mass is 924 g/mol. The standard InChI is InChI=1S/C46H81N7O12/c1-12-13-14-18-22-35-30(4)42(59)53(11)34(25-29(2)3)40(57)51-37(31-20-16-15-17-21-31)41(58)49-32(26-48-43(60)65-46(8,9)10)39(56)50-33(38(55)47-27-36(54)64-35)28-62-23-19-24-63-44(61)52-45(5,6)7/h29-35,37H,12-28H2,1-11H3,(H,47,55)(H,48,60)(H,49,58)(H,50,56)(H,51,57)(H,52,61)/t30-,32+,33+,34+,35-,37+/m1/s1. The molecule has 0 unspecified atom stereocenters. The second-order valence-corrected chi connectivity index (χ2v) is 19.8. The molecule has 2 fully saturated rings. The fraction of sp³-hybridized carbons (Fsp3) is 0.826. The van der Waals surface area contributed by atoms with Crippen molar-refractivity contribution < 1.29 is 57.3 Å². The van der Waals surface area contributed by atoms with Crippen molar-refractivity contribution in [3.63, 3.8) is 0 Å². The van der Waals surface area contributed by atoms with Gasteiger partial charge >= 0.3 is 18.2 Å². The highest BCUT2D eigenvalue weighted by Gasteiger charge is 2.40. The Hall–Kier alpha value is -4.68. The maximum absolute atomic E-state index is 14.5. The van der Waals surface area contributed by atoms with Crippen LogP contribution in [0.25, 0.3) is 0 Å². The zero-order chi connectivity index (χ0) is 48.9. The van der Waals surface area contributed by atoms with Crippen LogP contribution in [0.2, 0.25) is 0 Å². The average Bonchev–Trinajstić information content (AvgIpc) is 3.21. The highest BCUT2D eigenvalue weighted by atomic mass is 16.6. The van der Waals surface area contributed by atoms with Crippen molar-refractivity contribution in [3.8, 4) is 0 Å². The summed E-state index contributed by atoms with van der Waals surface area (Å²) in [7, 11) is 1.53. The third-order valence-corrected chi connectivity index (χ3v) is 11.0. The first-order chi connectivity index (χ1) is 30.4. The van der Waals surface area contributed by atoms with Gasteiger partial charge in [0.2, 0.25) is 29.5 Å². The van der Waals surface area contributed by atoms with Crippen molar-refractivity contribution in [1.82, 2.24) is 36.8 Å². The van der Waals surface area contributed by atoms with Gasteiger partial charge in [-0.25, -0.2) is 9.59 Å². The third kappa shape index (κ3) is 21.9. The maximum Gasteiger partial charge on any atom is 0.407 e. The van der Waals surface area contributed by atoms with E-state index in [0.29, 0.717) is 25.7 Å². The number of carbonyl (C=O) groups excluding carboxylic acids is 8. The normalized spacial score (nSPS) is 24.0. The quantitative estimate of drug-likeness (QED) is 0.0731. The first-order valence-electron chi connectivity index (χ1n) is 23.6. The Kier molecular flexibility index (Phi) is 24.1. The molecular formula is C46H81N7O12. The highest BCUT2D eigenvalue weighted by Crippen LogP contribution is 2.28. The van der Waals surface area contributed by atoms with Crippen LogP contribution >= 0.6 is 0 Å². The van der Waals surface area contributed by atoms with Gasteiger partial charge in [-0.3, -0.25) is 28.8 Å². The molecule has 0 aromatic rings. The molecule has 2 rings (SSSR count). The lowest BCUT2D eigenvalue weighted by molar-refractivity contribution is -0.157. The van der Waals surface area contributed by atoms with Crippen LogP contribution < -0.4 is 31.9 Å². The van der Waals surface area contributed by atoms with E-state index in [1.54, 1.807) is 27.7 Å². The Morgan fingerprint density at radius 3 is 2.09 bits per heavy atom. The number of likely N-dealkylation sites (N-methyl/N-ethyl adjacent to an activating group) is 1. The van der Waals surface area contributed by atoms with Gasteiger partial charge in [0.1, 0.15) is 42.4 Å². The molecule has 6 atom stereocenters. The maximum atomic E-state index is 14.5. The van der Waals surface area contributed by atoms with E-state index in [9.17, 15) is 38.4 Å². The van der Waals surface area contributed by atoms with Gasteiger partial charge in [0.25, 0.3) is 0 Å². The summed E-state index contributed by atoms with van der Waals surface area (Å²) < 4.78 is 22.2. The molecule has 0 bridgehead atoms. The molecule has 1 aliphatic carbocycles. The Morgan fingerprint density at radius 1 is 0.815 bits per heavy atom. The molecule has 372 valence electrons. The fourth-order valence-electron chi connectivity index (χ4n) is 7.61. The first-order valence-corrected chi connectivity index (χ1v) is 23.6. The SMILES string of the molecule is CCCCCC[C@H]1OC(=O)CNC(=O)[C@H](COCCCOC(=O)NC(C)(C)C)NC(=O)[C@H](CNC(=O)OC(C)(C)C)NC(=O)[C@H](C2CCCCC2)NC(=O)[C@H](CC(C)C)N(C)C(=O)[C@@H]1C. The lowest BCUT2D eigenvalue weighted by Gasteiger charge is -2.36. The van der Waals surface area contributed by atoms with Crippen molar-refractivity contribution in [2.24, 2.45) is 17.8 Å². The minimum Gasteiger partial charge on any atom is -0.460 e. The summed E-state index contributed by atoms with van der Waals surface area (Å²) >= 11 is 0. The largest absolute Gasteiger partial charge is 0.460 e. The Balaban J connectivity index is 2.60. The lowest BCUT2D eigenvalue weighted by atomic mass is 9.83. The van der Waals surface area contributed by atoms with E-state index >= 15 is 0 Å². The van der Waals surface area contributed by atoms with Crippen molar-refractivity contribution in [2.75, 3.05) is 40.0 Å². The number of hydrogen-bond donors (Lipinski definition) is 6. The number of esters is 1. The molecule has 1 heterocycles. The predicted octanol–water partition coefficient (Wildman–Crippen LogP) is 4.00. The van der Waals surface area contributed by atoms with Crippen LogP contribution in [0, 0.1) is 17.8 Å². The summed E-state index contributed by atoms with van der Waals surface area (Å²) in [4.78, 5) is 111. The zero-order valence-electron chi connectivity index (χ0n) is 41.0. The Morgan fingerprint density at radius 2 is 1.48 bits per heavy atom. The van der Waals surface area contributed by atoms with Crippen molar-refractivity contribution in [3.05, 3.63) is 0 Å². The number of cyclic esters (lactones) is 1. The molecule has 7 amide bonds. The number of nitrogens with one attached hydrogen (secondary N) is 6. The van der Waals surface area contributed by atoms with Crippen LogP contribution in [-0.4, -0.2) is 134 Å². The summed E-state index contributed by atoms with van der Waals surface area (Å²) in [6.45, 7) is 16.5. The Bertz CT molecular complexity index is 1570. The summed E-state index contributed by atoms with van der Waals surface area (Å²) in [5.41, 5.74) is -1.39. The summed E-state index contributed by atoms with van der Waals surface area (Å²) in [5.74, 6) is -5.44. The molecule has 0 radical (unpaired) electrons. The summed E-state index contributed by atoms with van der Waals surface area (Å²) in [5, 5.41) is 16.0. The number of hydrogen-bond acceptors (Lipinski definition) is 12. The Labute approximate surface area is 386 Å². The van der Waals surface area contributed by atoms with Crippen molar-refractivity contribution in [2.45, 2.75) is 188 Å². The van der Waals surface area contributed by atoms with E-state index < -0.39 is 115 Å². The smallest absolute Gasteiger partial charge is 0.407 e. The molecule has 65 heavy (non-hydrogen) atoms. The van der Waals surface area contributed by atoms with E-state index in [0.717, 1.165) is 38.5 Å². The predicted molar refractivity (Wildman–Crippen MR) is 243 cm³/mol. The molecule has 6 N–H and O–H groups in total. The molecule has 1 saturated carbocycles. The highest BCUT2D eigenvalue weighted by molar-refractivity contribution is 5.96. The topological polar surface area (TPSA) is 249 Å². The van der Waals surface area contributed by atoms with Gasteiger partial charge in [-0.2, -0.15) is 0 Å². The van der Waals surface area contributed by atoms with E-state index in [1.807, 2.05) is 34.6 Å². The molecule has 0 aromatic carbocycles. The number of amides is 7. The zero-order valence-corrected chi connectivity index (χ0v) is 41.0. The van der Waals surface area contributed by atoms with Crippen molar-refractivity contribution in [1.29, 1.82) is 0 Å². The van der Waals surface area contributed by atoms with Crippen LogP contribution in [0.4, 0.5) is 9.59 Å². The molecular weight excluding hydrogens is 843 g/mol. The van der Waals surface area contributed by atoms with Gasteiger partial charge in [0.15, 0.2) is 0 Å². The fourth-order valence-corrected chi connectivity index (χ4v) is 7.61. The van der Waals surface area contributed by atoms with Gasteiger partial charge < -0.3 is 55.7 Å². The molecule has 2 aliphatic rings. The molecule has 0 spiro atoms. The molecule has 1 saturated heterocycles. The van der Waals surface area contributed by atoms with Gasteiger partial charge in [0, 0.05) is 25.6 Å². The number of ether oxygens (including phenoxy) is 4. The second-order valence-electron chi connectivity index (χ2n) is 19.8. The first kappa shape index (κ1) is 56.4.